The number of sulfonamides is 1. The van der Waals surface area contributed by atoms with Crippen molar-refractivity contribution >= 4 is 21.7 Å². The number of hydrogen-bond acceptors (Lipinski definition) is 5. The molecule has 0 unspecified atom stereocenters. The zero-order chi connectivity index (χ0) is 15.0. The molecule has 0 aliphatic heterocycles. The number of pyridine rings is 1. The van der Waals surface area contributed by atoms with E-state index in [0.29, 0.717) is 13.1 Å². The second-order valence-corrected chi connectivity index (χ2v) is 5.79. The highest BCUT2D eigenvalue weighted by molar-refractivity contribution is 7.89. The molecule has 1 heterocycles. The number of nitrogens with one attached hydrogen (secondary N) is 3. The van der Waals surface area contributed by atoms with Crippen molar-refractivity contribution in [3.8, 4) is 0 Å². The Morgan fingerprint density at radius 1 is 1.35 bits per heavy atom. The van der Waals surface area contributed by atoms with Crippen LogP contribution >= 0.6 is 0 Å². The van der Waals surface area contributed by atoms with Gasteiger partial charge in [0, 0.05) is 19.3 Å². The number of aromatic nitrogens is 1. The van der Waals surface area contributed by atoms with Crippen molar-refractivity contribution in [2.45, 2.75) is 25.2 Å². The summed E-state index contributed by atoms with van der Waals surface area (Å²) in [5.41, 5.74) is 0. The van der Waals surface area contributed by atoms with E-state index in [9.17, 15) is 13.2 Å². The van der Waals surface area contributed by atoms with Crippen LogP contribution in [0.25, 0.3) is 0 Å². The molecule has 7 nitrogen and oxygen atoms in total. The third kappa shape index (κ3) is 4.78. The summed E-state index contributed by atoms with van der Waals surface area (Å²) in [7, 11) is -3.77. The summed E-state index contributed by atoms with van der Waals surface area (Å²) in [6, 6.07) is 2.98. The fraction of sp³-hybridized carbons (Fsp3) is 0.500. The minimum atomic E-state index is -3.77. The Hall–Kier alpha value is -1.67. The van der Waals surface area contributed by atoms with E-state index in [0.717, 1.165) is 6.42 Å². The lowest BCUT2D eigenvalue weighted by Gasteiger charge is -2.11. The molecule has 0 aliphatic carbocycles. The number of rotatable bonds is 8. The van der Waals surface area contributed by atoms with Gasteiger partial charge in [0.05, 0.1) is 6.54 Å². The molecule has 0 atom stereocenters. The number of carbonyl (C=O) groups excluding carboxylic acids is 1. The second kappa shape index (κ2) is 7.81. The minimum Gasteiger partial charge on any atom is -0.369 e. The van der Waals surface area contributed by atoms with E-state index in [2.05, 4.69) is 20.3 Å². The summed E-state index contributed by atoms with van der Waals surface area (Å²) < 4.78 is 26.5. The molecular formula is C12H20N4O3S. The lowest BCUT2D eigenvalue weighted by molar-refractivity contribution is -0.119. The van der Waals surface area contributed by atoms with Crippen LogP contribution in [-0.4, -0.2) is 38.9 Å². The zero-order valence-electron chi connectivity index (χ0n) is 11.6. The van der Waals surface area contributed by atoms with Crippen LogP contribution in [0.1, 0.15) is 20.3 Å². The van der Waals surface area contributed by atoms with Gasteiger partial charge in [-0.2, -0.15) is 0 Å². The van der Waals surface area contributed by atoms with Crippen LogP contribution in [0.4, 0.5) is 5.82 Å². The number of nitrogens with zero attached hydrogens (tertiary/aromatic N) is 1. The van der Waals surface area contributed by atoms with E-state index in [1.54, 1.807) is 0 Å². The van der Waals surface area contributed by atoms with E-state index in [1.807, 2.05) is 13.8 Å². The topological polar surface area (TPSA) is 100 Å². The maximum atomic E-state index is 12.1. The average molecular weight is 300 g/mol. The summed E-state index contributed by atoms with van der Waals surface area (Å²) in [5, 5.41) is 5.47. The van der Waals surface area contributed by atoms with Gasteiger partial charge in [-0.25, -0.2) is 18.1 Å². The molecule has 0 saturated carbocycles. The molecule has 0 bridgehead atoms. The van der Waals surface area contributed by atoms with Gasteiger partial charge in [0.1, 0.15) is 10.7 Å². The smallest absolute Gasteiger partial charge is 0.244 e. The van der Waals surface area contributed by atoms with E-state index < -0.39 is 10.0 Å². The zero-order valence-corrected chi connectivity index (χ0v) is 12.5. The molecule has 0 saturated heterocycles. The monoisotopic (exact) mass is 300 g/mol. The molecule has 8 heteroatoms. The highest BCUT2D eigenvalue weighted by Gasteiger charge is 2.19. The van der Waals surface area contributed by atoms with Crippen molar-refractivity contribution in [3.63, 3.8) is 0 Å². The molecule has 3 N–H and O–H groups in total. The van der Waals surface area contributed by atoms with Crippen molar-refractivity contribution in [2.24, 2.45) is 0 Å². The van der Waals surface area contributed by atoms with Gasteiger partial charge in [0.15, 0.2) is 0 Å². The standard InChI is InChI=1S/C12H20N4O3S/c1-3-7-14-11(17)9-16-20(18,19)10-6-5-8-15-12(10)13-4-2/h5-6,8,16H,3-4,7,9H2,1-2H3,(H,13,15)(H,14,17). The van der Waals surface area contributed by atoms with E-state index >= 15 is 0 Å². The van der Waals surface area contributed by atoms with Gasteiger partial charge in [0.2, 0.25) is 15.9 Å². The number of anilines is 1. The van der Waals surface area contributed by atoms with Crippen molar-refractivity contribution < 1.29 is 13.2 Å². The van der Waals surface area contributed by atoms with Gasteiger partial charge in [-0.05, 0) is 25.5 Å². The predicted molar refractivity (Wildman–Crippen MR) is 76.9 cm³/mol. The lowest BCUT2D eigenvalue weighted by atomic mass is 10.4. The normalized spacial score (nSPS) is 11.1. The van der Waals surface area contributed by atoms with Gasteiger partial charge in [-0.1, -0.05) is 6.92 Å². The molecule has 1 aromatic rings. The van der Waals surface area contributed by atoms with Gasteiger partial charge in [0.25, 0.3) is 0 Å². The second-order valence-electron chi connectivity index (χ2n) is 4.05. The fourth-order valence-electron chi connectivity index (χ4n) is 1.47. The quantitative estimate of drug-likeness (QED) is 0.642. The third-order valence-electron chi connectivity index (χ3n) is 2.40. The van der Waals surface area contributed by atoms with Gasteiger partial charge in [-0.3, -0.25) is 4.79 Å². The first-order valence-corrected chi connectivity index (χ1v) is 7.94. The molecule has 20 heavy (non-hydrogen) atoms. The summed E-state index contributed by atoms with van der Waals surface area (Å²) in [4.78, 5) is 15.4. The molecule has 0 spiro atoms. The summed E-state index contributed by atoms with van der Waals surface area (Å²) in [6.45, 7) is 4.55. The molecule has 112 valence electrons. The van der Waals surface area contributed by atoms with Crippen LogP contribution in [0, 0.1) is 0 Å². The van der Waals surface area contributed by atoms with E-state index in [-0.39, 0.29) is 23.2 Å². The van der Waals surface area contributed by atoms with Crippen LogP contribution in [0.15, 0.2) is 23.2 Å². The van der Waals surface area contributed by atoms with Crippen molar-refractivity contribution in [3.05, 3.63) is 18.3 Å². The average Bonchev–Trinajstić information content (AvgIpc) is 2.44. The van der Waals surface area contributed by atoms with Crippen LogP contribution in [0.2, 0.25) is 0 Å². The number of amides is 1. The van der Waals surface area contributed by atoms with Crippen LogP contribution < -0.4 is 15.4 Å². The molecule has 0 aliphatic rings. The van der Waals surface area contributed by atoms with E-state index in [4.69, 9.17) is 0 Å². The van der Waals surface area contributed by atoms with Gasteiger partial charge < -0.3 is 10.6 Å². The Kier molecular flexibility index (Phi) is 6.40. The van der Waals surface area contributed by atoms with Gasteiger partial charge >= 0.3 is 0 Å². The van der Waals surface area contributed by atoms with Crippen LogP contribution in [0.5, 0.6) is 0 Å². The van der Waals surface area contributed by atoms with Crippen LogP contribution in [0.3, 0.4) is 0 Å². The first kappa shape index (κ1) is 16.4. The Morgan fingerprint density at radius 3 is 2.75 bits per heavy atom. The maximum Gasteiger partial charge on any atom is 0.244 e. The molecule has 1 aromatic heterocycles. The molecular weight excluding hydrogens is 280 g/mol. The highest BCUT2D eigenvalue weighted by atomic mass is 32.2. The Bertz CT molecular complexity index is 545. The van der Waals surface area contributed by atoms with Crippen molar-refractivity contribution in [1.29, 1.82) is 0 Å². The minimum absolute atomic E-state index is 0.0325. The first-order chi connectivity index (χ1) is 9.51. The van der Waals surface area contributed by atoms with Crippen molar-refractivity contribution in [2.75, 3.05) is 25.0 Å². The molecule has 0 aromatic carbocycles. The fourth-order valence-corrected chi connectivity index (χ4v) is 2.59. The highest BCUT2D eigenvalue weighted by Crippen LogP contribution is 2.17. The molecule has 0 fully saturated rings. The van der Waals surface area contributed by atoms with Gasteiger partial charge in [-0.15, -0.1) is 0 Å². The Morgan fingerprint density at radius 2 is 2.10 bits per heavy atom. The summed E-state index contributed by atoms with van der Waals surface area (Å²) in [6.07, 6.45) is 2.30. The first-order valence-electron chi connectivity index (χ1n) is 6.46. The summed E-state index contributed by atoms with van der Waals surface area (Å²) in [5.74, 6) is -0.0826. The lowest BCUT2D eigenvalue weighted by Crippen LogP contribution is -2.37. The Balaban J connectivity index is 2.76. The molecule has 1 rings (SSSR count). The SMILES string of the molecule is CCCNC(=O)CNS(=O)(=O)c1cccnc1NCC. The predicted octanol–water partition coefficient (Wildman–Crippen LogP) is 0.318. The molecule has 1 amide bonds. The number of carbonyl (C=O) groups is 1. The largest absolute Gasteiger partial charge is 0.369 e. The van der Waals surface area contributed by atoms with Crippen LogP contribution in [-0.2, 0) is 14.8 Å². The Labute approximate surface area is 119 Å². The van der Waals surface area contributed by atoms with E-state index in [1.165, 1.54) is 18.3 Å². The third-order valence-corrected chi connectivity index (χ3v) is 3.83. The van der Waals surface area contributed by atoms with Crippen molar-refractivity contribution in [1.82, 2.24) is 15.0 Å². The summed E-state index contributed by atoms with van der Waals surface area (Å²) >= 11 is 0. The number of hydrogen-bond donors (Lipinski definition) is 3. The maximum absolute atomic E-state index is 12.1. The molecule has 0 radical (unpaired) electrons.